The fraction of sp³-hybridized carbons (Fsp3) is 0.167. The highest BCUT2D eigenvalue weighted by Crippen LogP contribution is 2.43. The van der Waals surface area contributed by atoms with Gasteiger partial charge in [0.25, 0.3) is 0 Å². The van der Waals surface area contributed by atoms with Crippen molar-refractivity contribution < 1.29 is 31.1 Å². The Labute approximate surface area is 143 Å². The van der Waals surface area contributed by atoms with Crippen molar-refractivity contribution in [2.24, 2.45) is 5.92 Å². The summed E-state index contributed by atoms with van der Waals surface area (Å²) >= 11 is 0. The van der Waals surface area contributed by atoms with Crippen molar-refractivity contribution in [1.82, 2.24) is 4.40 Å². The van der Waals surface area contributed by atoms with Gasteiger partial charge in [0.15, 0.2) is 0 Å². The Balaban J connectivity index is 2.28. The third kappa shape index (κ3) is 3.18. The Kier molecular flexibility index (Phi) is 4.29. The van der Waals surface area contributed by atoms with E-state index >= 15 is 0 Å². The van der Waals surface area contributed by atoms with Gasteiger partial charge < -0.3 is 4.40 Å². The van der Waals surface area contributed by atoms with E-state index in [1.54, 1.807) is 24.3 Å². The summed E-state index contributed by atoms with van der Waals surface area (Å²) in [6.45, 7) is 0. The third-order valence-electron chi connectivity index (χ3n) is 3.91. The number of rotatable bonds is 3. The van der Waals surface area contributed by atoms with Gasteiger partial charge in [-0.15, -0.1) is 0 Å². The van der Waals surface area contributed by atoms with Crippen molar-refractivity contribution in [2.75, 3.05) is 0 Å². The second kappa shape index (κ2) is 6.19. The molecule has 136 valence electrons. The number of nitrogens with zero attached hydrogens (tertiary/aromatic N) is 1. The Morgan fingerprint density at radius 1 is 0.846 bits per heavy atom. The van der Waals surface area contributed by atoms with Crippen LogP contribution in [0, 0.1) is 5.92 Å². The van der Waals surface area contributed by atoms with Crippen molar-refractivity contribution in [3.8, 4) is 11.1 Å². The topological polar surface area (TPSA) is 21.5 Å². The number of hydrogen-bond acceptors (Lipinski definition) is 1. The molecule has 3 aromatic rings. The Morgan fingerprint density at radius 2 is 1.42 bits per heavy atom. The maximum absolute atomic E-state index is 13.0. The number of aromatic nitrogens is 1. The molecule has 0 bridgehead atoms. The van der Waals surface area contributed by atoms with Gasteiger partial charge in [0.05, 0.1) is 5.69 Å². The van der Waals surface area contributed by atoms with Crippen LogP contribution in [0.25, 0.3) is 16.6 Å². The van der Waals surface area contributed by atoms with Crippen LogP contribution in [0.4, 0.5) is 26.3 Å². The number of benzene rings is 1. The number of hydrogen-bond donors (Lipinski definition) is 0. The average molecular weight is 371 g/mol. The number of fused-ring (bicyclic) bond motifs is 1. The molecule has 1 aromatic carbocycles. The Bertz CT molecular complexity index is 926. The molecule has 0 unspecified atom stereocenters. The average Bonchev–Trinajstić information content (AvgIpc) is 2.92. The molecule has 0 spiro atoms. The number of halogens is 6. The first-order valence-electron chi connectivity index (χ1n) is 7.44. The zero-order valence-corrected chi connectivity index (χ0v) is 13.0. The van der Waals surface area contributed by atoms with Gasteiger partial charge >= 0.3 is 12.4 Å². The molecule has 0 aliphatic rings. The van der Waals surface area contributed by atoms with Crippen LogP contribution in [0.1, 0.15) is 10.5 Å². The molecular weight excluding hydrogens is 360 g/mol. The summed E-state index contributed by atoms with van der Waals surface area (Å²) in [6.07, 6.45) is -10.2. The van der Waals surface area contributed by atoms with Crippen molar-refractivity contribution in [1.29, 1.82) is 0 Å². The standard InChI is InChI=1S/C18H11F6NO/c19-17(20,21)16(18(22,23)24)15(26)14-13(11-6-2-1-3-7-11)10-12-8-4-5-9-25(12)14/h1-10,16H. The molecule has 0 amide bonds. The van der Waals surface area contributed by atoms with Crippen LogP contribution < -0.4 is 0 Å². The summed E-state index contributed by atoms with van der Waals surface area (Å²) in [7, 11) is 0. The van der Waals surface area contributed by atoms with Gasteiger partial charge in [-0.05, 0) is 23.8 Å². The van der Waals surface area contributed by atoms with Crippen LogP contribution in [-0.2, 0) is 0 Å². The lowest BCUT2D eigenvalue weighted by molar-refractivity contribution is -0.265. The summed E-state index contributed by atoms with van der Waals surface area (Å²) < 4.78 is 79.3. The number of carbonyl (C=O) groups is 1. The summed E-state index contributed by atoms with van der Waals surface area (Å²) in [6, 6.07) is 13.7. The highest BCUT2D eigenvalue weighted by atomic mass is 19.4. The molecule has 0 aliphatic heterocycles. The Morgan fingerprint density at radius 3 is 2.00 bits per heavy atom. The zero-order valence-electron chi connectivity index (χ0n) is 13.0. The van der Waals surface area contributed by atoms with Crippen molar-refractivity contribution in [3.63, 3.8) is 0 Å². The summed E-state index contributed by atoms with van der Waals surface area (Å²) in [4.78, 5) is 12.4. The van der Waals surface area contributed by atoms with Crippen LogP contribution >= 0.6 is 0 Å². The number of Topliss-reactive ketones (excluding diaryl/α,β-unsaturated/α-hetero) is 1. The fourth-order valence-electron chi connectivity index (χ4n) is 2.83. The predicted molar refractivity (Wildman–Crippen MR) is 82.8 cm³/mol. The Hall–Kier alpha value is -2.77. The minimum atomic E-state index is -5.75. The minimum absolute atomic E-state index is 0.0142. The van der Waals surface area contributed by atoms with E-state index in [0.29, 0.717) is 11.1 Å². The van der Waals surface area contributed by atoms with Crippen LogP contribution in [-0.4, -0.2) is 22.5 Å². The fourth-order valence-corrected chi connectivity index (χ4v) is 2.83. The number of ketones is 1. The van der Waals surface area contributed by atoms with Crippen LogP contribution in [0.3, 0.4) is 0 Å². The molecular formula is C18H11F6NO. The lowest BCUT2D eigenvalue weighted by Gasteiger charge is -2.22. The van der Waals surface area contributed by atoms with Crippen molar-refractivity contribution >= 4 is 11.3 Å². The molecule has 0 saturated carbocycles. The van der Waals surface area contributed by atoms with Crippen LogP contribution in [0.15, 0.2) is 60.8 Å². The normalized spacial score (nSPS) is 12.7. The molecule has 0 radical (unpaired) electrons. The lowest BCUT2D eigenvalue weighted by atomic mass is 9.95. The van der Waals surface area contributed by atoms with Gasteiger partial charge in [-0.25, -0.2) is 0 Å². The quantitative estimate of drug-likeness (QED) is 0.438. The maximum Gasteiger partial charge on any atom is 0.407 e. The predicted octanol–water partition coefficient (Wildman–Crippen LogP) is 5.53. The smallest absolute Gasteiger partial charge is 0.313 e. The van der Waals surface area contributed by atoms with Crippen LogP contribution in [0.5, 0.6) is 0 Å². The first-order valence-corrected chi connectivity index (χ1v) is 7.44. The van der Waals surface area contributed by atoms with E-state index in [4.69, 9.17) is 0 Å². The molecule has 8 heteroatoms. The summed E-state index contributed by atoms with van der Waals surface area (Å²) in [5, 5.41) is 0. The molecule has 2 aromatic heterocycles. The van der Waals surface area contributed by atoms with E-state index in [1.807, 2.05) is 0 Å². The minimum Gasteiger partial charge on any atom is -0.313 e. The van der Waals surface area contributed by atoms with Gasteiger partial charge in [-0.3, -0.25) is 4.79 Å². The first-order chi connectivity index (χ1) is 12.1. The summed E-state index contributed by atoms with van der Waals surface area (Å²) in [5.41, 5.74) is 0.0344. The van der Waals surface area contributed by atoms with Gasteiger partial charge in [0.1, 0.15) is 0 Å². The third-order valence-corrected chi connectivity index (χ3v) is 3.91. The van der Waals surface area contributed by atoms with E-state index < -0.39 is 29.7 Å². The molecule has 2 heterocycles. The van der Waals surface area contributed by atoms with Gasteiger partial charge in [0.2, 0.25) is 11.7 Å². The van der Waals surface area contributed by atoms with E-state index in [2.05, 4.69) is 0 Å². The number of alkyl halides is 6. The van der Waals surface area contributed by atoms with Crippen molar-refractivity contribution in [2.45, 2.75) is 12.4 Å². The van der Waals surface area contributed by atoms with Gasteiger partial charge in [-0.1, -0.05) is 36.4 Å². The van der Waals surface area contributed by atoms with E-state index in [9.17, 15) is 31.1 Å². The van der Waals surface area contributed by atoms with Crippen LogP contribution in [0.2, 0.25) is 0 Å². The molecule has 26 heavy (non-hydrogen) atoms. The lowest BCUT2D eigenvalue weighted by Crippen LogP contribution is -2.43. The zero-order chi connectivity index (χ0) is 19.1. The second-order valence-electron chi connectivity index (χ2n) is 5.65. The highest BCUT2D eigenvalue weighted by Gasteiger charge is 2.61. The van der Waals surface area contributed by atoms with E-state index in [-0.39, 0.29) is 5.56 Å². The molecule has 0 saturated heterocycles. The molecule has 0 N–H and O–H groups in total. The molecule has 0 aliphatic carbocycles. The molecule has 0 fully saturated rings. The maximum atomic E-state index is 13.0. The summed E-state index contributed by atoms with van der Waals surface area (Å²) in [5.74, 6) is -6.12. The first kappa shape index (κ1) is 18.0. The SMILES string of the molecule is O=C(c1c(-c2ccccc2)cc2ccccn12)C(C(F)(F)F)C(F)(F)F. The molecule has 0 atom stereocenters. The van der Waals surface area contributed by atoms with Gasteiger partial charge in [-0.2, -0.15) is 26.3 Å². The van der Waals surface area contributed by atoms with E-state index in [1.165, 1.54) is 36.5 Å². The monoisotopic (exact) mass is 371 g/mol. The van der Waals surface area contributed by atoms with Gasteiger partial charge in [0, 0.05) is 17.3 Å². The molecule has 3 rings (SSSR count). The highest BCUT2D eigenvalue weighted by molar-refractivity contribution is 6.05. The van der Waals surface area contributed by atoms with Crippen molar-refractivity contribution in [3.05, 3.63) is 66.5 Å². The number of carbonyl (C=O) groups excluding carboxylic acids is 1. The van der Waals surface area contributed by atoms with E-state index in [0.717, 1.165) is 4.40 Å². The number of pyridine rings is 1. The molecule has 2 nitrogen and oxygen atoms in total. The largest absolute Gasteiger partial charge is 0.407 e. The second-order valence-corrected chi connectivity index (χ2v) is 5.65.